The minimum absolute atomic E-state index is 0.267. The van der Waals surface area contributed by atoms with E-state index in [-0.39, 0.29) is 5.82 Å². The second-order valence-corrected chi connectivity index (χ2v) is 7.27. The first kappa shape index (κ1) is 17.6. The number of imidazole rings is 1. The third kappa shape index (κ3) is 2.93. The van der Waals surface area contributed by atoms with Crippen molar-refractivity contribution < 1.29 is 14.9 Å². The Hall–Kier alpha value is -1.85. The van der Waals surface area contributed by atoms with Crippen LogP contribution < -0.4 is 5.73 Å². The van der Waals surface area contributed by atoms with E-state index in [0.717, 1.165) is 19.5 Å². The van der Waals surface area contributed by atoms with Gasteiger partial charge in [0.25, 0.3) is 0 Å². The van der Waals surface area contributed by atoms with Gasteiger partial charge in [0.1, 0.15) is 30.2 Å². The van der Waals surface area contributed by atoms with Crippen molar-refractivity contribution in [1.82, 2.24) is 29.3 Å². The van der Waals surface area contributed by atoms with Crippen LogP contribution in [0.4, 0.5) is 5.82 Å². The molecule has 5 atom stereocenters. The van der Waals surface area contributed by atoms with Crippen molar-refractivity contribution in [2.75, 3.05) is 39.5 Å². The molecule has 0 aliphatic carbocycles. The molecule has 10 nitrogen and oxygen atoms in total. The van der Waals surface area contributed by atoms with E-state index in [1.807, 2.05) is 7.05 Å². The maximum atomic E-state index is 10.5. The summed E-state index contributed by atoms with van der Waals surface area (Å²) in [6, 6.07) is 0.425. The second-order valence-electron chi connectivity index (χ2n) is 7.27. The molecule has 26 heavy (non-hydrogen) atoms. The van der Waals surface area contributed by atoms with Crippen molar-refractivity contribution in [3.05, 3.63) is 12.7 Å². The zero-order valence-electron chi connectivity index (χ0n) is 14.9. The number of hydrogen-bond acceptors (Lipinski definition) is 9. The van der Waals surface area contributed by atoms with Crippen LogP contribution in [0, 0.1) is 0 Å². The number of likely N-dealkylation sites (tertiary alicyclic amines) is 1. The lowest BCUT2D eigenvalue weighted by atomic mass is 10.1. The second kappa shape index (κ2) is 6.71. The maximum absolute atomic E-state index is 10.5. The average Bonchev–Trinajstić information content (AvgIpc) is 3.30. The quantitative estimate of drug-likeness (QED) is 0.605. The van der Waals surface area contributed by atoms with Gasteiger partial charge < -0.3 is 25.6 Å². The van der Waals surface area contributed by atoms with E-state index in [4.69, 9.17) is 10.5 Å². The SMILES string of the molecule is CN1CCC(N(C)C[C@H]2O[C@@H](n3cnc4c(N)ncnc43)[C@H](O)[C@@H]2O)C1. The topological polar surface area (TPSA) is 126 Å². The van der Waals surface area contributed by atoms with Crippen molar-refractivity contribution in [2.24, 2.45) is 0 Å². The summed E-state index contributed by atoms with van der Waals surface area (Å²) in [5.74, 6) is 0.267. The van der Waals surface area contributed by atoms with Crippen LogP contribution in [0.5, 0.6) is 0 Å². The summed E-state index contributed by atoms with van der Waals surface area (Å²) in [5, 5.41) is 21.0. The largest absolute Gasteiger partial charge is 0.387 e. The highest BCUT2D eigenvalue weighted by Gasteiger charge is 2.45. The molecule has 4 heterocycles. The van der Waals surface area contributed by atoms with E-state index in [9.17, 15) is 10.2 Å². The van der Waals surface area contributed by atoms with Gasteiger partial charge in [0.15, 0.2) is 17.7 Å². The van der Waals surface area contributed by atoms with Crippen LogP contribution in [0.2, 0.25) is 0 Å². The van der Waals surface area contributed by atoms with Gasteiger partial charge in [-0.2, -0.15) is 0 Å². The van der Waals surface area contributed by atoms with Crippen LogP contribution in [-0.2, 0) is 4.74 Å². The first-order valence-electron chi connectivity index (χ1n) is 8.79. The number of rotatable bonds is 4. The van der Waals surface area contributed by atoms with Gasteiger partial charge in [-0.15, -0.1) is 0 Å². The number of aliphatic hydroxyl groups excluding tert-OH is 2. The fraction of sp³-hybridized carbons (Fsp3) is 0.688. The van der Waals surface area contributed by atoms with Crippen LogP contribution in [0.25, 0.3) is 11.2 Å². The molecule has 2 aliphatic rings. The number of nitrogen functional groups attached to an aromatic ring is 1. The van der Waals surface area contributed by atoms with Crippen LogP contribution >= 0.6 is 0 Å². The first-order chi connectivity index (χ1) is 12.5. The summed E-state index contributed by atoms with van der Waals surface area (Å²) in [7, 11) is 4.13. The Kier molecular flexibility index (Phi) is 4.53. The number of aromatic nitrogens is 4. The molecule has 0 radical (unpaired) electrons. The lowest BCUT2D eigenvalue weighted by Gasteiger charge is -2.27. The molecule has 0 saturated carbocycles. The summed E-state index contributed by atoms with van der Waals surface area (Å²) in [6.45, 7) is 2.60. The molecule has 0 aromatic carbocycles. The standard InChI is InChI=1S/C16H25N7O3/c1-21-4-3-9(5-21)22(2)6-10-12(24)13(25)16(26-10)23-8-20-11-14(17)18-7-19-15(11)23/h7-10,12-13,16,24-25H,3-6H2,1-2H3,(H2,17,18,19)/t9?,10-,12-,13-,16-/m1/s1. The van der Waals surface area contributed by atoms with Gasteiger partial charge in [0.05, 0.1) is 6.33 Å². The fourth-order valence-electron chi connectivity index (χ4n) is 3.87. The Morgan fingerprint density at radius 1 is 1.31 bits per heavy atom. The molecule has 0 amide bonds. The van der Waals surface area contributed by atoms with Crippen molar-refractivity contribution in [1.29, 1.82) is 0 Å². The van der Waals surface area contributed by atoms with Gasteiger partial charge in [0.2, 0.25) is 0 Å². The van der Waals surface area contributed by atoms with Crippen molar-refractivity contribution >= 4 is 17.0 Å². The van der Waals surface area contributed by atoms with Crippen LogP contribution in [0.1, 0.15) is 12.6 Å². The summed E-state index contributed by atoms with van der Waals surface area (Å²) in [6.07, 6.45) is 0.608. The molecule has 4 N–H and O–H groups in total. The molecule has 4 rings (SSSR count). The highest BCUT2D eigenvalue weighted by Crippen LogP contribution is 2.32. The monoisotopic (exact) mass is 363 g/mol. The fourth-order valence-corrected chi connectivity index (χ4v) is 3.87. The Labute approximate surface area is 151 Å². The minimum Gasteiger partial charge on any atom is -0.387 e. The Bertz CT molecular complexity index is 784. The third-order valence-electron chi connectivity index (χ3n) is 5.46. The third-order valence-corrected chi connectivity index (χ3v) is 5.46. The number of nitrogens with zero attached hydrogens (tertiary/aromatic N) is 6. The predicted octanol–water partition coefficient (Wildman–Crippen LogP) is -1.34. The van der Waals surface area contributed by atoms with Gasteiger partial charge in [-0.3, -0.25) is 9.47 Å². The molecular formula is C16H25N7O3. The predicted molar refractivity (Wildman–Crippen MR) is 94.2 cm³/mol. The number of aliphatic hydroxyl groups is 2. The Balaban J connectivity index is 1.51. The molecule has 2 saturated heterocycles. The Morgan fingerprint density at radius 2 is 2.12 bits per heavy atom. The first-order valence-corrected chi connectivity index (χ1v) is 8.79. The molecule has 2 aromatic heterocycles. The van der Waals surface area contributed by atoms with Gasteiger partial charge in [-0.05, 0) is 27.1 Å². The van der Waals surface area contributed by atoms with Crippen molar-refractivity contribution in [3.8, 4) is 0 Å². The van der Waals surface area contributed by atoms with E-state index in [1.165, 1.54) is 12.7 Å². The van der Waals surface area contributed by atoms with Crippen molar-refractivity contribution in [2.45, 2.75) is 37.0 Å². The van der Waals surface area contributed by atoms with E-state index in [0.29, 0.717) is 23.8 Å². The van der Waals surface area contributed by atoms with Gasteiger partial charge in [-0.1, -0.05) is 0 Å². The lowest BCUT2D eigenvalue weighted by Crippen LogP contribution is -2.43. The summed E-state index contributed by atoms with van der Waals surface area (Å²) in [4.78, 5) is 16.8. The molecule has 0 bridgehead atoms. The van der Waals surface area contributed by atoms with Crippen LogP contribution in [0.15, 0.2) is 12.7 Å². The van der Waals surface area contributed by atoms with Crippen LogP contribution in [0.3, 0.4) is 0 Å². The average molecular weight is 363 g/mol. The molecule has 142 valence electrons. The van der Waals surface area contributed by atoms with E-state index in [1.54, 1.807) is 4.57 Å². The maximum Gasteiger partial charge on any atom is 0.167 e. The van der Waals surface area contributed by atoms with Gasteiger partial charge in [-0.25, -0.2) is 15.0 Å². The number of likely N-dealkylation sites (N-methyl/N-ethyl adjacent to an activating group) is 2. The molecule has 2 fully saturated rings. The molecule has 1 unspecified atom stereocenters. The van der Waals surface area contributed by atoms with E-state index < -0.39 is 24.5 Å². The molecule has 10 heteroatoms. The van der Waals surface area contributed by atoms with Crippen molar-refractivity contribution in [3.63, 3.8) is 0 Å². The van der Waals surface area contributed by atoms with Gasteiger partial charge in [0, 0.05) is 19.1 Å². The Morgan fingerprint density at radius 3 is 2.85 bits per heavy atom. The zero-order chi connectivity index (χ0) is 18.4. The number of anilines is 1. The molecule has 0 spiro atoms. The van der Waals surface area contributed by atoms with E-state index in [2.05, 4.69) is 31.8 Å². The smallest absolute Gasteiger partial charge is 0.167 e. The summed E-state index contributed by atoms with van der Waals surface area (Å²) in [5.41, 5.74) is 6.74. The van der Waals surface area contributed by atoms with E-state index >= 15 is 0 Å². The van der Waals surface area contributed by atoms with Gasteiger partial charge >= 0.3 is 0 Å². The summed E-state index contributed by atoms with van der Waals surface area (Å²) >= 11 is 0. The molecule has 2 aromatic rings. The summed E-state index contributed by atoms with van der Waals surface area (Å²) < 4.78 is 7.60. The number of ether oxygens (including phenoxy) is 1. The number of hydrogen-bond donors (Lipinski definition) is 3. The highest BCUT2D eigenvalue weighted by molar-refractivity contribution is 5.81. The zero-order valence-corrected chi connectivity index (χ0v) is 14.9. The molecular weight excluding hydrogens is 338 g/mol. The van der Waals surface area contributed by atoms with Crippen LogP contribution in [-0.4, -0.2) is 97.6 Å². The minimum atomic E-state index is -1.08. The molecule has 2 aliphatic heterocycles. The lowest BCUT2D eigenvalue weighted by molar-refractivity contribution is -0.0449. The number of fused-ring (bicyclic) bond motifs is 1. The normalized spacial score (nSPS) is 32.9. The number of nitrogens with two attached hydrogens (primary N) is 1. The highest BCUT2D eigenvalue weighted by atomic mass is 16.6.